The summed E-state index contributed by atoms with van der Waals surface area (Å²) in [5.74, 6) is 0.215. The third-order valence-electron chi connectivity index (χ3n) is 3.47. The number of hydrogen-bond acceptors (Lipinski definition) is 4. The zero-order valence-corrected chi connectivity index (χ0v) is 16.6. The molecule has 0 radical (unpaired) electrons. The Kier molecular flexibility index (Phi) is 5.81. The molecule has 0 unspecified atom stereocenters. The lowest BCUT2D eigenvalue weighted by molar-refractivity contribution is 0.475. The molecule has 0 amide bonds. The summed E-state index contributed by atoms with van der Waals surface area (Å²) >= 11 is 14.0. The topological polar surface area (TPSA) is 49.9 Å². The molecule has 0 aliphatic rings. The van der Waals surface area contributed by atoms with Gasteiger partial charge in [0.25, 0.3) is 0 Å². The predicted octanol–water partition coefficient (Wildman–Crippen LogP) is 5.42. The van der Waals surface area contributed by atoms with Gasteiger partial charge in [0, 0.05) is 22.0 Å². The standard InChI is InChI=1S/C19H17Cl2N3OS/c1-12(2)23-19-24(22-10-13-3-6-15(25)7-4-13)18(11-26-19)16-9-14(20)5-8-17(16)21/h3-12,25H,1-2H3. The molecule has 0 saturated heterocycles. The van der Waals surface area contributed by atoms with Gasteiger partial charge in [0.05, 0.1) is 16.9 Å². The van der Waals surface area contributed by atoms with Crippen LogP contribution < -0.4 is 4.80 Å². The third kappa shape index (κ3) is 4.36. The van der Waals surface area contributed by atoms with E-state index in [1.807, 2.05) is 25.3 Å². The molecule has 0 atom stereocenters. The summed E-state index contributed by atoms with van der Waals surface area (Å²) in [5, 5.41) is 17.2. The second-order valence-electron chi connectivity index (χ2n) is 5.90. The van der Waals surface area contributed by atoms with Crippen LogP contribution in [0.4, 0.5) is 0 Å². The second kappa shape index (κ2) is 8.08. The molecule has 0 fully saturated rings. The predicted molar refractivity (Wildman–Crippen MR) is 110 cm³/mol. The summed E-state index contributed by atoms with van der Waals surface area (Å²) in [6.07, 6.45) is 1.72. The number of phenols is 1. The van der Waals surface area contributed by atoms with E-state index in [-0.39, 0.29) is 11.8 Å². The first-order valence-electron chi connectivity index (χ1n) is 7.97. The molecule has 2 aromatic carbocycles. The van der Waals surface area contributed by atoms with Crippen molar-refractivity contribution < 1.29 is 5.11 Å². The van der Waals surface area contributed by atoms with Crippen LogP contribution in [0.2, 0.25) is 10.0 Å². The maximum atomic E-state index is 9.41. The normalized spacial score (nSPS) is 12.4. The summed E-state index contributed by atoms with van der Waals surface area (Å²) in [6.45, 7) is 4.03. The molecule has 1 aromatic heterocycles. The quantitative estimate of drug-likeness (QED) is 0.578. The van der Waals surface area contributed by atoms with Gasteiger partial charge >= 0.3 is 0 Å². The molecule has 134 valence electrons. The monoisotopic (exact) mass is 405 g/mol. The van der Waals surface area contributed by atoms with E-state index in [9.17, 15) is 5.11 Å². The third-order valence-corrected chi connectivity index (χ3v) is 4.87. The Labute approximate surface area is 165 Å². The van der Waals surface area contributed by atoms with Crippen molar-refractivity contribution >= 4 is 40.8 Å². The number of thiazole rings is 1. The van der Waals surface area contributed by atoms with Crippen LogP contribution in [-0.4, -0.2) is 22.0 Å². The van der Waals surface area contributed by atoms with Gasteiger partial charge in [-0.3, -0.25) is 4.99 Å². The Morgan fingerprint density at radius 1 is 1.12 bits per heavy atom. The number of hydrogen-bond donors (Lipinski definition) is 1. The van der Waals surface area contributed by atoms with Crippen molar-refractivity contribution in [2.45, 2.75) is 19.9 Å². The molecule has 3 rings (SSSR count). The van der Waals surface area contributed by atoms with Crippen LogP contribution in [0.25, 0.3) is 11.3 Å². The number of halogens is 2. The van der Waals surface area contributed by atoms with Crippen LogP contribution in [0, 0.1) is 0 Å². The van der Waals surface area contributed by atoms with E-state index in [0.29, 0.717) is 10.0 Å². The van der Waals surface area contributed by atoms with Crippen LogP contribution in [-0.2, 0) is 0 Å². The average molecular weight is 406 g/mol. The number of rotatable bonds is 4. The van der Waals surface area contributed by atoms with Gasteiger partial charge in [0.2, 0.25) is 4.80 Å². The lowest BCUT2D eigenvalue weighted by Gasteiger charge is -2.07. The minimum absolute atomic E-state index is 0.131. The van der Waals surface area contributed by atoms with Crippen LogP contribution in [0.5, 0.6) is 5.75 Å². The zero-order valence-electron chi connectivity index (χ0n) is 14.2. The highest BCUT2D eigenvalue weighted by molar-refractivity contribution is 7.07. The van der Waals surface area contributed by atoms with Crippen LogP contribution in [0.1, 0.15) is 19.4 Å². The molecule has 4 nitrogen and oxygen atoms in total. The van der Waals surface area contributed by atoms with E-state index in [4.69, 9.17) is 23.2 Å². The van der Waals surface area contributed by atoms with Crippen molar-refractivity contribution in [3.63, 3.8) is 0 Å². The van der Waals surface area contributed by atoms with E-state index in [0.717, 1.165) is 21.6 Å². The van der Waals surface area contributed by atoms with Gasteiger partial charge in [0.15, 0.2) is 0 Å². The molecule has 0 spiro atoms. The van der Waals surface area contributed by atoms with Gasteiger partial charge < -0.3 is 5.11 Å². The van der Waals surface area contributed by atoms with Gasteiger partial charge in [-0.05, 0) is 61.9 Å². The Balaban J connectivity index is 2.13. The Bertz CT molecular complexity index is 1000. The number of nitrogens with zero attached hydrogens (tertiary/aromatic N) is 3. The summed E-state index contributed by atoms with van der Waals surface area (Å²) in [6, 6.07) is 12.3. The van der Waals surface area contributed by atoms with E-state index in [1.165, 1.54) is 11.3 Å². The maximum absolute atomic E-state index is 9.41. The minimum atomic E-state index is 0.131. The lowest BCUT2D eigenvalue weighted by atomic mass is 10.2. The molecule has 1 heterocycles. The lowest BCUT2D eigenvalue weighted by Crippen LogP contribution is -2.14. The van der Waals surface area contributed by atoms with Crippen molar-refractivity contribution in [3.05, 3.63) is 68.3 Å². The first-order valence-corrected chi connectivity index (χ1v) is 9.61. The highest BCUT2D eigenvalue weighted by Crippen LogP contribution is 2.31. The SMILES string of the molecule is CC(C)N=c1scc(-c2cc(Cl)ccc2Cl)n1N=Cc1ccc(O)cc1. The molecule has 0 aliphatic heterocycles. The first-order chi connectivity index (χ1) is 12.4. The summed E-state index contributed by atoms with van der Waals surface area (Å²) < 4.78 is 1.76. The van der Waals surface area contributed by atoms with Gasteiger partial charge in [-0.1, -0.05) is 23.2 Å². The Morgan fingerprint density at radius 3 is 2.54 bits per heavy atom. The number of benzene rings is 2. The van der Waals surface area contributed by atoms with Crippen LogP contribution >= 0.6 is 34.5 Å². The highest BCUT2D eigenvalue weighted by Gasteiger charge is 2.12. The fraction of sp³-hybridized carbons (Fsp3) is 0.158. The molecule has 26 heavy (non-hydrogen) atoms. The van der Waals surface area contributed by atoms with E-state index in [1.54, 1.807) is 47.3 Å². The minimum Gasteiger partial charge on any atom is -0.508 e. The molecule has 0 saturated carbocycles. The van der Waals surface area contributed by atoms with Crippen molar-refractivity contribution in [2.75, 3.05) is 0 Å². The molecular formula is C19H17Cl2N3OS. The highest BCUT2D eigenvalue weighted by atomic mass is 35.5. The Morgan fingerprint density at radius 2 is 1.85 bits per heavy atom. The van der Waals surface area contributed by atoms with Crippen LogP contribution in [0.15, 0.2) is 57.9 Å². The first kappa shape index (κ1) is 18.7. The van der Waals surface area contributed by atoms with Crippen molar-refractivity contribution in [1.82, 2.24) is 4.68 Å². The van der Waals surface area contributed by atoms with E-state index in [2.05, 4.69) is 10.1 Å². The van der Waals surface area contributed by atoms with Crippen molar-refractivity contribution in [1.29, 1.82) is 0 Å². The van der Waals surface area contributed by atoms with Crippen molar-refractivity contribution in [3.8, 4) is 17.0 Å². The second-order valence-corrected chi connectivity index (χ2v) is 7.58. The number of aromatic nitrogens is 1. The summed E-state index contributed by atoms with van der Waals surface area (Å²) in [7, 11) is 0. The van der Waals surface area contributed by atoms with E-state index >= 15 is 0 Å². The van der Waals surface area contributed by atoms with E-state index < -0.39 is 0 Å². The zero-order chi connectivity index (χ0) is 18.7. The Hall–Kier alpha value is -2.08. The number of aromatic hydroxyl groups is 1. The largest absolute Gasteiger partial charge is 0.508 e. The smallest absolute Gasteiger partial charge is 0.206 e. The molecule has 1 N–H and O–H groups in total. The summed E-state index contributed by atoms with van der Waals surface area (Å²) in [4.78, 5) is 5.40. The van der Waals surface area contributed by atoms with Crippen LogP contribution in [0.3, 0.4) is 0 Å². The van der Waals surface area contributed by atoms with Gasteiger partial charge in [0.1, 0.15) is 5.75 Å². The fourth-order valence-electron chi connectivity index (χ4n) is 2.29. The van der Waals surface area contributed by atoms with Gasteiger partial charge in [-0.25, -0.2) is 4.68 Å². The summed E-state index contributed by atoms with van der Waals surface area (Å²) in [5.41, 5.74) is 2.47. The fourth-order valence-corrected chi connectivity index (χ4v) is 3.63. The molecule has 3 aromatic rings. The van der Waals surface area contributed by atoms with Gasteiger partial charge in [-0.15, -0.1) is 11.3 Å². The molecular weight excluding hydrogens is 389 g/mol. The molecule has 0 aliphatic carbocycles. The average Bonchev–Trinajstić information content (AvgIpc) is 2.98. The van der Waals surface area contributed by atoms with Gasteiger partial charge in [-0.2, -0.15) is 5.10 Å². The molecule has 7 heteroatoms. The molecule has 0 bridgehead atoms. The number of phenolic OH excluding ortho intramolecular Hbond substituents is 1. The maximum Gasteiger partial charge on any atom is 0.206 e. The van der Waals surface area contributed by atoms with Crippen molar-refractivity contribution in [2.24, 2.45) is 10.1 Å².